The molecule has 1 aromatic heterocycles. The molecule has 2 heterocycles. The normalized spacial score (nSPS) is 14.1. The molecule has 3 aromatic carbocycles. The number of methoxy groups -OCH3 is 1. The second-order valence-corrected chi connectivity index (χ2v) is 10.1. The first-order valence-corrected chi connectivity index (χ1v) is 13.2. The molecule has 196 valence electrons. The molecule has 0 unspecified atom stereocenters. The summed E-state index contributed by atoms with van der Waals surface area (Å²) in [5, 5.41) is 4.94. The van der Waals surface area contributed by atoms with E-state index in [9.17, 15) is 4.79 Å². The van der Waals surface area contributed by atoms with Crippen LogP contribution in [0.2, 0.25) is 0 Å². The predicted octanol–water partition coefficient (Wildman–Crippen LogP) is 6.52. The first-order valence-electron chi connectivity index (χ1n) is 13.2. The lowest BCUT2D eigenvalue weighted by Crippen LogP contribution is -2.29. The average molecular weight is 513 g/mol. The van der Waals surface area contributed by atoms with Crippen molar-refractivity contribution >= 4 is 22.8 Å². The quantitative estimate of drug-likeness (QED) is 0.276. The van der Waals surface area contributed by atoms with E-state index in [2.05, 4.69) is 23.8 Å². The van der Waals surface area contributed by atoms with Crippen molar-refractivity contribution in [3.63, 3.8) is 0 Å². The number of fused-ring (bicyclic) bond motifs is 1. The summed E-state index contributed by atoms with van der Waals surface area (Å²) in [5.41, 5.74) is 4.13. The molecule has 1 aliphatic heterocycles. The number of benzene rings is 3. The van der Waals surface area contributed by atoms with Crippen LogP contribution in [-0.2, 0) is 0 Å². The Bertz CT molecular complexity index is 1570. The van der Waals surface area contributed by atoms with Crippen LogP contribution in [0.15, 0.2) is 64.5 Å². The van der Waals surface area contributed by atoms with Crippen molar-refractivity contribution in [3.05, 3.63) is 87.5 Å². The highest BCUT2D eigenvalue weighted by atomic mass is 19.1. The molecule has 0 radical (unpaired) electrons. The number of halogens is 1. The topological polar surface area (TPSA) is 59.7 Å². The predicted molar refractivity (Wildman–Crippen MR) is 152 cm³/mol. The summed E-state index contributed by atoms with van der Waals surface area (Å²) in [6.45, 7) is 8.01. The molecule has 0 aliphatic carbocycles. The summed E-state index contributed by atoms with van der Waals surface area (Å²) < 4.78 is 22.0. The maximum atomic E-state index is 15.1. The van der Waals surface area contributed by atoms with Crippen LogP contribution in [0.3, 0.4) is 0 Å². The summed E-state index contributed by atoms with van der Waals surface area (Å²) in [6, 6.07) is 16.4. The van der Waals surface area contributed by atoms with Gasteiger partial charge in [-0.15, -0.1) is 0 Å². The Labute approximate surface area is 222 Å². The van der Waals surface area contributed by atoms with Crippen molar-refractivity contribution in [3.8, 4) is 17.1 Å². The van der Waals surface area contributed by atoms with Gasteiger partial charge in [-0.05, 0) is 85.7 Å². The van der Waals surface area contributed by atoms with Gasteiger partial charge in [-0.25, -0.2) is 9.37 Å². The molecule has 0 atom stereocenters. The zero-order valence-electron chi connectivity index (χ0n) is 22.4. The number of aromatic nitrogens is 2. The van der Waals surface area contributed by atoms with Gasteiger partial charge in [-0.2, -0.15) is 9.78 Å². The highest BCUT2D eigenvalue weighted by Gasteiger charge is 2.19. The lowest BCUT2D eigenvalue weighted by Gasteiger charge is -2.28. The van der Waals surface area contributed by atoms with Crippen LogP contribution in [0.5, 0.6) is 5.75 Å². The van der Waals surface area contributed by atoms with Crippen molar-refractivity contribution in [1.29, 1.82) is 0 Å². The average Bonchev–Trinajstić information content (AvgIpc) is 2.93. The number of nitrogens with zero attached hydrogens (tertiary/aromatic N) is 4. The van der Waals surface area contributed by atoms with Crippen LogP contribution in [-0.4, -0.2) is 36.1 Å². The lowest BCUT2D eigenvalue weighted by atomic mass is 9.96. The fraction of sp³-hybridized carbons (Fsp3) is 0.323. The Kier molecular flexibility index (Phi) is 7.27. The first-order chi connectivity index (χ1) is 18.4. The fourth-order valence-corrected chi connectivity index (χ4v) is 5.06. The van der Waals surface area contributed by atoms with Crippen LogP contribution < -0.4 is 15.2 Å². The summed E-state index contributed by atoms with van der Waals surface area (Å²) in [6.07, 6.45) is 4.86. The SMILES string of the molecule is COc1cc(C)c(-c2nc3ccccc3c(=O)n2N=Cc2ccc(N3CCCCC3)cc2F)cc1C(C)C. The standard InChI is InChI=1S/C31H33FN4O2/c1-20(2)25-18-26(21(3)16-29(25)38-4)30-34-28-11-7-6-10-24(28)31(37)36(30)33-19-22-12-13-23(17-27(22)32)35-14-8-5-9-15-35/h6-7,10-13,16-20H,5,8-9,14-15H2,1-4H3. The third-order valence-corrected chi connectivity index (χ3v) is 7.21. The Morgan fingerprint density at radius 3 is 2.53 bits per heavy atom. The minimum atomic E-state index is -0.372. The molecule has 0 spiro atoms. The van der Waals surface area contributed by atoms with Gasteiger partial charge in [-0.3, -0.25) is 4.79 Å². The van der Waals surface area contributed by atoms with E-state index in [1.807, 2.05) is 37.3 Å². The summed E-state index contributed by atoms with van der Waals surface area (Å²) >= 11 is 0. The van der Waals surface area contributed by atoms with E-state index in [-0.39, 0.29) is 17.3 Å². The Morgan fingerprint density at radius 1 is 1.05 bits per heavy atom. The van der Waals surface area contributed by atoms with E-state index in [1.54, 1.807) is 31.4 Å². The molecular weight excluding hydrogens is 479 g/mol. The van der Waals surface area contributed by atoms with Gasteiger partial charge in [0.2, 0.25) is 0 Å². The molecule has 4 aromatic rings. The van der Waals surface area contributed by atoms with Crippen LogP contribution in [0.4, 0.5) is 10.1 Å². The minimum Gasteiger partial charge on any atom is -0.496 e. The van der Waals surface area contributed by atoms with E-state index in [4.69, 9.17) is 9.72 Å². The number of anilines is 1. The monoisotopic (exact) mass is 512 g/mol. The maximum absolute atomic E-state index is 15.1. The molecule has 0 bridgehead atoms. The number of hydrogen-bond acceptors (Lipinski definition) is 5. The van der Waals surface area contributed by atoms with Gasteiger partial charge in [0.15, 0.2) is 5.82 Å². The van der Waals surface area contributed by atoms with Crippen LogP contribution in [0, 0.1) is 12.7 Å². The smallest absolute Gasteiger partial charge is 0.282 e. The molecule has 0 saturated carbocycles. The molecule has 1 aliphatic rings. The number of piperidine rings is 1. The number of para-hydroxylation sites is 1. The largest absolute Gasteiger partial charge is 0.496 e. The zero-order valence-corrected chi connectivity index (χ0v) is 22.4. The molecular formula is C31H33FN4O2. The molecule has 0 N–H and O–H groups in total. The van der Waals surface area contributed by atoms with Crippen molar-refractivity contribution in [2.75, 3.05) is 25.1 Å². The molecule has 0 amide bonds. The van der Waals surface area contributed by atoms with Gasteiger partial charge in [0, 0.05) is 29.9 Å². The van der Waals surface area contributed by atoms with E-state index in [0.717, 1.165) is 54.1 Å². The maximum Gasteiger partial charge on any atom is 0.282 e. The molecule has 5 rings (SSSR count). The highest BCUT2D eigenvalue weighted by molar-refractivity contribution is 5.83. The number of aryl methyl sites for hydroxylation is 1. The van der Waals surface area contributed by atoms with Crippen molar-refractivity contribution in [2.24, 2.45) is 5.10 Å². The Hall–Kier alpha value is -4.00. The molecule has 7 heteroatoms. The number of hydrogen-bond donors (Lipinski definition) is 0. The first kappa shape index (κ1) is 25.6. The second kappa shape index (κ2) is 10.8. The fourth-order valence-electron chi connectivity index (χ4n) is 5.06. The van der Waals surface area contributed by atoms with Crippen molar-refractivity contribution < 1.29 is 9.13 Å². The molecule has 1 fully saturated rings. The van der Waals surface area contributed by atoms with Crippen LogP contribution in [0.25, 0.3) is 22.3 Å². The summed E-state index contributed by atoms with van der Waals surface area (Å²) in [5.74, 6) is 1.01. The van der Waals surface area contributed by atoms with Gasteiger partial charge in [-0.1, -0.05) is 26.0 Å². The number of ether oxygens (including phenoxy) is 1. The summed E-state index contributed by atoms with van der Waals surface area (Å²) in [4.78, 5) is 20.7. The van der Waals surface area contributed by atoms with E-state index in [1.165, 1.54) is 17.3 Å². The Balaban J connectivity index is 1.63. The third kappa shape index (κ3) is 4.93. The summed E-state index contributed by atoms with van der Waals surface area (Å²) in [7, 11) is 1.65. The van der Waals surface area contributed by atoms with Crippen molar-refractivity contribution in [2.45, 2.75) is 46.0 Å². The molecule has 6 nitrogen and oxygen atoms in total. The van der Waals surface area contributed by atoms with Crippen molar-refractivity contribution in [1.82, 2.24) is 9.66 Å². The van der Waals surface area contributed by atoms with E-state index < -0.39 is 0 Å². The van der Waals surface area contributed by atoms with E-state index >= 15 is 4.39 Å². The highest BCUT2D eigenvalue weighted by Crippen LogP contribution is 2.34. The van der Waals surface area contributed by atoms with Gasteiger partial charge in [0.05, 0.1) is 24.2 Å². The zero-order chi connectivity index (χ0) is 26.8. The molecule has 38 heavy (non-hydrogen) atoms. The lowest BCUT2D eigenvalue weighted by molar-refractivity contribution is 0.407. The molecule has 1 saturated heterocycles. The van der Waals surface area contributed by atoms with Crippen LogP contribution in [0.1, 0.15) is 55.7 Å². The van der Waals surface area contributed by atoms with Gasteiger partial charge >= 0.3 is 0 Å². The van der Waals surface area contributed by atoms with Crippen LogP contribution >= 0.6 is 0 Å². The number of rotatable bonds is 6. The van der Waals surface area contributed by atoms with Gasteiger partial charge in [0.1, 0.15) is 11.6 Å². The van der Waals surface area contributed by atoms with Gasteiger partial charge in [0.25, 0.3) is 5.56 Å². The van der Waals surface area contributed by atoms with E-state index in [0.29, 0.717) is 22.3 Å². The van der Waals surface area contributed by atoms with Gasteiger partial charge < -0.3 is 9.64 Å². The second-order valence-electron chi connectivity index (χ2n) is 10.1. The minimum absolute atomic E-state index is 0.195. The third-order valence-electron chi connectivity index (χ3n) is 7.21. The Morgan fingerprint density at radius 2 is 1.82 bits per heavy atom.